The third-order valence-electron chi connectivity index (χ3n) is 6.79. The van der Waals surface area contributed by atoms with Crippen molar-refractivity contribution in [1.29, 1.82) is 5.26 Å². The molecule has 1 saturated heterocycles. The van der Waals surface area contributed by atoms with Gasteiger partial charge in [-0.3, -0.25) is 4.79 Å². The van der Waals surface area contributed by atoms with E-state index in [-0.39, 0.29) is 11.9 Å². The molecule has 1 aliphatic heterocycles. The Bertz CT molecular complexity index is 1290. The SMILES string of the molecule is Cc1cc(C)c2c(C#N)c(C=CC(=O)N3CCOCC3)n(C3CCCc4ccccc43)c2n1. The van der Waals surface area contributed by atoms with Gasteiger partial charge in [-0.15, -0.1) is 0 Å². The Labute approximate surface area is 194 Å². The van der Waals surface area contributed by atoms with Gasteiger partial charge in [0.25, 0.3) is 0 Å². The van der Waals surface area contributed by atoms with Crippen LogP contribution < -0.4 is 0 Å². The Morgan fingerprint density at radius 2 is 2.03 bits per heavy atom. The summed E-state index contributed by atoms with van der Waals surface area (Å²) in [4.78, 5) is 19.6. The Morgan fingerprint density at radius 1 is 1.24 bits per heavy atom. The van der Waals surface area contributed by atoms with Crippen molar-refractivity contribution in [1.82, 2.24) is 14.5 Å². The van der Waals surface area contributed by atoms with Crippen LogP contribution in [0.2, 0.25) is 0 Å². The Hall–Kier alpha value is -3.43. The Morgan fingerprint density at radius 3 is 2.82 bits per heavy atom. The van der Waals surface area contributed by atoms with E-state index in [0.717, 1.165) is 47.2 Å². The predicted molar refractivity (Wildman–Crippen MR) is 128 cm³/mol. The summed E-state index contributed by atoms with van der Waals surface area (Å²) in [5.41, 5.74) is 6.75. The van der Waals surface area contributed by atoms with Crippen LogP contribution in [-0.2, 0) is 16.0 Å². The van der Waals surface area contributed by atoms with Crippen LogP contribution in [0.4, 0.5) is 0 Å². The minimum atomic E-state index is -0.0519. The molecular weight excluding hydrogens is 412 g/mol. The number of amides is 1. The van der Waals surface area contributed by atoms with Crippen molar-refractivity contribution in [2.75, 3.05) is 26.3 Å². The van der Waals surface area contributed by atoms with Gasteiger partial charge in [-0.1, -0.05) is 24.3 Å². The number of rotatable bonds is 3. The fourth-order valence-corrected chi connectivity index (χ4v) is 5.29. The molecule has 1 aromatic carbocycles. The van der Waals surface area contributed by atoms with Gasteiger partial charge in [-0.2, -0.15) is 5.26 Å². The van der Waals surface area contributed by atoms with Gasteiger partial charge >= 0.3 is 0 Å². The summed E-state index contributed by atoms with van der Waals surface area (Å²) in [6.07, 6.45) is 6.53. The molecule has 5 rings (SSSR count). The first-order chi connectivity index (χ1) is 16.1. The summed E-state index contributed by atoms with van der Waals surface area (Å²) in [7, 11) is 0. The molecule has 2 aromatic heterocycles. The van der Waals surface area contributed by atoms with Crippen LogP contribution in [0.25, 0.3) is 17.1 Å². The predicted octanol–water partition coefficient (Wildman–Crippen LogP) is 4.32. The molecule has 1 aliphatic carbocycles. The summed E-state index contributed by atoms with van der Waals surface area (Å²) in [6.45, 7) is 6.32. The number of morpholine rings is 1. The van der Waals surface area contributed by atoms with Gasteiger partial charge in [0, 0.05) is 30.2 Å². The molecule has 1 unspecified atom stereocenters. The van der Waals surface area contributed by atoms with Crippen molar-refractivity contribution in [3.05, 3.63) is 70.0 Å². The van der Waals surface area contributed by atoms with E-state index in [1.54, 1.807) is 11.0 Å². The van der Waals surface area contributed by atoms with Crippen molar-refractivity contribution in [2.45, 2.75) is 39.2 Å². The number of carbonyl (C=O) groups excluding carboxylic acids is 1. The summed E-state index contributed by atoms with van der Waals surface area (Å²) in [5.74, 6) is -0.0519. The van der Waals surface area contributed by atoms with Crippen LogP contribution in [-0.4, -0.2) is 46.7 Å². The molecule has 0 N–H and O–H groups in total. The number of ether oxygens (including phenoxy) is 1. The van der Waals surface area contributed by atoms with E-state index in [4.69, 9.17) is 9.72 Å². The standard InChI is InChI=1S/C27H28N4O2/c1-18-16-19(2)29-27-26(18)22(17-28)24(10-11-25(32)30-12-14-33-15-13-30)31(27)23-9-5-7-20-6-3-4-8-21(20)23/h3-4,6,8,10-11,16,23H,5,7,9,12-15H2,1-2H3. The summed E-state index contributed by atoms with van der Waals surface area (Å²) >= 11 is 0. The number of fused-ring (bicyclic) bond motifs is 2. The molecule has 1 fully saturated rings. The van der Waals surface area contributed by atoms with E-state index in [1.807, 2.05) is 26.0 Å². The maximum Gasteiger partial charge on any atom is 0.246 e. The maximum atomic E-state index is 12.9. The van der Waals surface area contributed by atoms with E-state index >= 15 is 0 Å². The first-order valence-electron chi connectivity index (χ1n) is 11.6. The fraction of sp³-hybridized carbons (Fsp3) is 0.370. The molecule has 1 amide bonds. The number of hydrogen-bond donors (Lipinski definition) is 0. The van der Waals surface area contributed by atoms with E-state index in [0.29, 0.717) is 31.9 Å². The highest BCUT2D eigenvalue weighted by Crippen LogP contribution is 2.39. The smallest absolute Gasteiger partial charge is 0.246 e. The molecule has 0 spiro atoms. The molecule has 3 aromatic rings. The molecule has 0 bridgehead atoms. The van der Waals surface area contributed by atoms with Gasteiger partial charge in [0.05, 0.1) is 30.5 Å². The van der Waals surface area contributed by atoms with Crippen molar-refractivity contribution in [2.24, 2.45) is 0 Å². The van der Waals surface area contributed by atoms with Crippen LogP contribution in [0.5, 0.6) is 0 Å². The number of aryl methyl sites for hydroxylation is 3. The second-order valence-corrected chi connectivity index (χ2v) is 8.90. The lowest BCUT2D eigenvalue weighted by atomic mass is 9.87. The zero-order chi connectivity index (χ0) is 22.9. The number of nitrogens with zero attached hydrogens (tertiary/aromatic N) is 4. The lowest BCUT2D eigenvalue weighted by Gasteiger charge is -2.28. The van der Waals surface area contributed by atoms with E-state index in [2.05, 4.69) is 34.9 Å². The number of hydrogen-bond acceptors (Lipinski definition) is 4. The Balaban J connectivity index is 1.70. The third kappa shape index (κ3) is 3.83. The van der Waals surface area contributed by atoms with Crippen LogP contribution >= 0.6 is 0 Å². The molecule has 0 saturated carbocycles. The minimum Gasteiger partial charge on any atom is -0.378 e. The fourth-order valence-electron chi connectivity index (χ4n) is 5.29. The molecular formula is C27H28N4O2. The average molecular weight is 441 g/mol. The first kappa shape index (κ1) is 21.4. The number of benzene rings is 1. The van der Waals surface area contributed by atoms with Gasteiger partial charge in [-0.05, 0) is 61.9 Å². The van der Waals surface area contributed by atoms with Crippen molar-refractivity contribution in [3.63, 3.8) is 0 Å². The zero-order valence-corrected chi connectivity index (χ0v) is 19.2. The van der Waals surface area contributed by atoms with Crippen LogP contribution in [0.3, 0.4) is 0 Å². The average Bonchev–Trinajstić information content (AvgIpc) is 3.15. The number of nitriles is 1. The second kappa shape index (κ2) is 8.84. The van der Waals surface area contributed by atoms with Crippen LogP contribution in [0.15, 0.2) is 36.4 Å². The van der Waals surface area contributed by atoms with Gasteiger partial charge in [0.1, 0.15) is 11.7 Å². The second-order valence-electron chi connectivity index (χ2n) is 8.90. The zero-order valence-electron chi connectivity index (χ0n) is 19.2. The summed E-state index contributed by atoms with van der Waals surface area (Å²) in [6, 6.07) is 13.1. The molecule has 0 radical (unpaired) electrons. The molecule has 33 heavy (non-hydrogen) atoms. The minimum absolute atomic E-state index is 0.0519. The number of aromatic nitrogens is 2. The van der Waals surface area contributed by atoms with Crippen LogP contribution in [0, 0.1) is 25.2 Å². The lowest BCUT2D eigenvalue weighted by Crippen LogP contribution is -2.39. The Kier molecular flexibility index (Phi) is 5.74. The summed E-state index contributed by atoms with van der Waals surface area (Å²) in [5, 5.41) is 11.1. The molecule has 6 nitrogen and oxygen atoms in total. The maximum absolute atomic E-state index is 12.9. The largest absolute Gasteiger partial charge is 0.378 e. The highest BCUT2D eigenvalue weighted by Gasteiger charge is 2.28. The van der Waals surface area contributed by atoms with Gasteiger partial charge in [-0.25, -0.2) is 4.98 Å². The lowest BCUT2D eigenvalue weighted by molar-refractivity contribution is -0.129. The summed E-state index contributed by atoms with van der Waals surface area (Å²) < 4.78 is 7.58. The third-order valence-corrected chi connectivity index (χ3v) is 6.79. The van der Waals surface area contributed by atoms with Crippen molar-refractivity contribution >= 4 is 23.0 Å². The normalized spacial score (nSPS) is 18.5. The van der Waals surface area contributed by atoms with E-state index in [9.17, 15) is 10.1 Å². The van der Waals surface area contributed by atoms with E-state index < -0.39 is 0 Å². The van der Waals surface area contributed by atoms with E-state index in [1.165, 1.54) is 11.1 Å². The van der Waals surface area contributed by atoms with Gasteiger partial charge in [0.2, 0.25) is 5.91 Å². The molecule has 6 heteroatoms. The molecule has 2 aliphatic rings. The molecule has 1 atom stereocenters. The van der Waals surface area contributed by atoms with Gasteiger partial charge in [0.15, 0.2) is 0 Å². The highest BCUT2D eigenvalue weighted by molar-refractivity contribution is 5.96. The topological polar surface area (TPSA) is 71.2 Å². The highest BCUT2D eigenvalue weighted by atomic mass is 16.5. The van der Waals surface area contributed by atoms with Crippen molar-refractivity contribution in [3.8, 4) is 6.07 Å². The van der Waals surface area contributed by atoms with Crippen molar-refractivity contribution < 1.29 is 9.53 Å². The quantitative estimate of drug-likeness (QED) is 0.569. The molecule has 168 valence electrons. The van der Waals surface area contributed by atoms with Crippen LogP contribution in [0.1, 0.15) is 52.5 Å². The van der Waals surface area contributed by atoms with Gasteiger partial charge < -0.3 is 14.2 Å². The molecule has 3 heterocycles. The number of pyridine rings is 1. The first-order valence-corrected chi connectivity index (χ1v) is 11.6. The monoisotopic (exact) mass is 440 g/mol. The number of carbonyl (C=O) groups is 1.